The first kappa shape index (κ1) is 18.2. The first-order valence-corrected chi connectivity index (χ1v) is 10.2. The molecule has 1 aromatic rings. The predicted molar refractivity (Wildman–Crippen MR) is 96.2 cm³/mol. The molecule has 1 aliphatic carbocycles. The molecule has 0 bridgehead atoms. The largest absolute Gasteiger partial charge is 0.482 e. The fourth-order valence-electron chi connectivity index (χ4n) is 3.89. The SMILES string of the molecule is Cc1cc2c(cc1S(=O)(=O)N(C)C1CCCC(C)C1C)OCC(=O)N2. The van der Waals surface area contributed by atoms with Crippen LogP contribution in [0.5, 0.6) is 5.75 Å². The highest BCUT2D eigenvalue weighted by molar-refractivity contribution is 7.89. The van der Waals surface area contributed by atoms with Gasteiger partial charge in [-0.1, -0.05) is 26.7 Å². The molecule has 1 aliphatic heterocycles. The Labute approximate surface area is 149 Å². The van der Waals surface area contributed by atoms with Crippen LogP contribution in [0.1, 0.15) is 38.7 Å². The summed E-state index contributed by atoms with van der Waals surface area (Å²) in [7, 11) is -1.96. The number of carbonyl (C=O) groups excluding carboxylic acids is 1. The fraction of sp³-hybridized carbons (Fsp3) is 0.611. The van der Waals surface area contributed by atoms with Gasteiger partial charge in [0.25, 0.3) is 5.91 Å². The Morgan fingerprint density at radius 1 is 1.24 bits per heavy atom. The van der Waals surface area contributed by atoms with Crippen LogP contribution in [0.4, 0.5) is 5.69 Å². The maximum Gasteiger partial charge on any atom is 0.262 e. The lowest BCUT2D eigenvalue weighted by molar-refractivity contribution is -0.118. The minimum atomic E-state index is -3.63. The van der Waals surface area contributed by atoms with Crippen molar-refractivity contribution >= 4 is 21.6 Å². The summed E-state index contributed by atoms with van der Waals surface area (Å²) in [6.07, 6.45) is 3.09. The van der Waals surface area contributed by atoms with Crippen molar-refractivity contribution in [1.29, 1.82) is 0 Å². The second-order valence-corrected chi connectivity index (χ2v) is 9.27. The number of benzene rings is 1. The van der Waals surface area contributed by atoms with Crippen LogP contribution >= 0.6 is 0 Å². The average molecular weight is 366 g/mol. The van der Waals surface area contributed by atoms with Crippen LogP contribution in [0.15, 0.2) is 17.0 Å². The van der Waals surface area contributed by atoms with Crippen molar-refractivity contribution in [3.8, 4) is 5.75 Å². The Bertz CT molecular complexity index is 791. The highest BCUT2D eigenvalue weighted by Crippen LogP contribution is 2.37. The minimum absolute atomic E-state index is 0.00445. The second-order valence-electron chi connectivity index (χ2n) is 7.31. The van der Waals surface area contributed by atoms with Crippen LogP contribution in [-0.2, 0) is 14.8 Å². The molecule has 0 saturated heterocycles. The van der Waals surface area contributed by atoms with Gasteiger partial charge in [0.2, 0.25) is 10.0 Å². The summed E-state index contributed by atoms with van der Waals surface area (Å²) >= 11 is 0. The molecule has 2 aliphatic rings. The van der Waals surface area contributed by atoms with E-state index in [2.05, 4.69) is 19.2 Å². The summed E-state index contributed by atoms with van der Waals surface area (Å²) in [6, 6.07) is 3.21. The zero-order valence-electron chi connectivity index (χ0n) is 15.2. The van der Waals surface area contributed by atoms with Gasteiger partial charge in [-0.25, -0.2) is 8.42 Å². The monoisotopic (exact) mass is 366 g/mol. The number of carbonyl (C=O) groups is 1. The molecule has 1 N–H and O–H groups in total. The van der Waals surface area contributed by atoms with E-state index in [1.807, 2.05) is 0 Å². The van der Waals surface area contributed by atoms with Gasteiger partial charge in [-0.2, -0.15) is 4.31 Å². The lowest BCUT2D eigenvalue weighted by atomic mass is 9.78. The molecule has 6 nitrogen and oxygen atoms in total. The normalized spacial score (nSPS) is 26.8. The van der Waals surface area contributed by atoms with E-state index in [1.165, 1.54) is 10.4 Å². The van der Waals surface area contributed by atoms with Crippen molar-refractivity contribution in [3.05, 3.63) is 17.7 Å². The lowest BCUT2D eigenvalue weighted by Crippen LogP contribution is -2.45. The molecule has 1 saturated carbocycles. The molecule has 7 heteroatoms. The number of sulfonamides is 1. The summed E-state index contributed by atoms with van der Waals surface area (Å²) in [5.41, 5.74) is 1.13. The molecule has 3 unspecified atom stereocenters. The third kappa shape index (κ3) is 3.27. The predicted octanol–water partition coefficient (Wildman–Crippen LogP) is 2.77. The van der Waals surface area contributed by atoms with Crippen LogP contribution < -0.4 is 10.1 Å². The van der Waals surface area contributed by atoms with Gasteiger partial charge in [0.05, 0.1) is 10.6 Å². The molecule has 3 rings (SSSR count). The van der Waals surface area contributed by atoms with Crippen LogP contribution in [0.2, 0.25) is 0 Å². The van der Waals surface area contributed by atoms with Crippen molar-refractivity contribution in [2.24, 2.45) is 11.8 Å². The van der Waals surface area contributed by atoms with E-state index in [9.17, 15) is 13.2 Å². The molecule has 138 valence electrons. The third-order valence-electron chi connectivity index (χ3n) is 5.70. The van der Waals surface area contributed by atoms with Gasteiger partial charge in [-0.15, -0.1) is 0 Å². The molecule has 0 spiro atoms. The van der Waals surface area contributed by atoms with Crippen LogP contribution in [0, 0.1) is 18.8 Å². The van der Waals surface area contributed by atoms with E-state index in [1.54, 1.807) is 20.0 Å². The van der Waals surface area contributed by atoms with Crippen LogP contribution in [0.3, 0.4) is 0 Å². The van der Waals surface area contributed by atoms with Gasteiger partial charge < -0.3 is 10.1 Å². The highest BCUT2D eigenvalue weighted by Gasteiger charge is 2.37. The second kappa shape index (κ2) is 6.61. The van der Waals surface area contributed by atoms with Gasteiger partial charge >= 0.3 is 0 Å². The molecule has 1 amide bonds. The third-order valence-corrected chi connectivity index (χ3v) is 7.72. The van der Waals surface area contributed by atoms with E-state index < -0.39 is 10.0 Å². The van der Waals surface area contributed by atoms with Crippen LogP contribution in [-0.4, -0.2) is 38.3 Å². The van der Waals surface area contributed by atoms with Crippen molar-refractivity contribution in [1.82, 2.24) is 4.31 Å². The number of anilines is 1. The van der Waals surface area contributed by atoms with Crippen molar-refractivity contribution in [2.75, 3.05) is 19.0 Å². The Morgan fingerprint density at radius 3 is 2.68 bits per heavy atom. The summed E-state index contributed by atoms with van der Waals surface area (Å²) < 4.78 is 33.4. The lowest BCUT2D eigenvalue weighted by Gasteiger charge is -2.39. The van der Waals surface area contributed by atoms with Crippen molar-refractivity contribution < 1.29 is 17.9 Å². The Kier molecular flexibility index (Phi) is 4.81. The van der Waals surface area contributed by atoms with E-state index in [-0.39, 0.29) is 23.5 Å². The molecule has 0 aromatic heterocycles. The van der Waals surface area contributed by atoms with Gasteiger partial charge in [0, 0.05) is 19.2 Å². The molecule has 1 fully saturated rings. The molecular weight excluding hydrogens is 340 g/mol. The van der Waals surface area contributed by atoms with Crippen molar-refractivity contribution in [3.63, 3.8) is 0 Å². The number of aryl methyl sites for hydroxylation is 1. The zero-order valence-corrected chi connectivity index (χ0v) is 16.0. The summed E-state index contributed by atoms with van der Waals surface area (Å²) in [5, 5.41) is 2.71. The molecular formula is C18H26N2O4S. The zero-order chi connectivity index (χ0) is 18.4. The standard InChI is InChI=1S/C18H26N2O4S/c1-11-6-5-7-15(13(11)3)20(4)25(22,23)17-9-16-14(8-12(17)2)19-18(21)10-24-16/h8-9,11,13,15H,5-7,10H2,1-4H3,(H,19,21). The number of amides is 1. The number of nitrogens with zero attached hydrogens (tertiary/aromatic N) is 1. The number of hydrogen-bond donors (Lipinski definition) is 1. The van der Waals surface area contributed by atoms with E-state index >= 15 is 0 Å². The van der Waals surface area contributed by atoms with Gasteiger partial charge in [-0.3, -0.25) is 4.79 Å². The quantitative estimate of drug-likeness (QED) is 0.892. The molecule has 3 atom stereocenters. The summed E-state index contributed by atoms with van der Waals surface area (Å²) in [6.45, 7) is 5.98. The Morgan fingerprint density at radius 2 is 1.96 bits per heavy atom. The Hall–Kier alpha value is -1.60. The maximum absolute atomic E-state index is 13.2. The molecule has 1 heterocycles. The summed E-state index contributed by atoms with van der Waals surface area (Å²) in [4.78, 5) is 11.7. The van der Waals surface area contributed by atoms with Gasteiger partial charge in [0.15, 0.2) is 6.61 Å². The first-order valence-electron chi connectivity index (χ1n) is 8.77. The number of fused-ring (bicyclic) bond motifs is 1. The Balaban J connectivity index is 1.95. The molecule has 0 radical (unpaired) electrons. The fourth-order valence-corrected chi connectivity index (χ4v) is 5.58. The number of rotatable bonds is 3. The van der Waals surface area contributed by atoms with E-state index in [0.29, 0.717) is 28.8 Å². The minimum Gasteiger partial charge on any atom is -0.482 e. The number of hydrogen-bond acceptors (Lipinski definition) is 4. The van der Waals surface area contributed by atoms with E-state index in [4.69, 9.17) is 4.74 Å². The highest BCUT2D eigenvalue weighted by atomic mass is 32.2. The van der Waals surface area contributed by atoms with E-state index in [0.717, 1.165) is 19.3 Å². The smallest absolute Gasteiger partial charge is 0.262 e. The maximum atomic E-state index is 13.2. The topological polar surface area (TPSA) is 75.7 Å². The molecule has 1 aromatic carbocycles. The number of ether oxygens (including phenoxy) is 1. The van der Waals surface area contributed by atoms with Crippen LogP contribution in [0.25, 0.3) is 0 Å². The summed E-state index contributed by atoms with van der Waals surface area (Å²) in [5.74, 6) is 1.01. The van der Waals surface area contributed by atoms with Gasteiger partial charge in [-0.05, 0) is 36.8 Å². The van der Waals surface area contributed by atoms with Gasteiger partial charge in [0.1, 0.15) is 5.75 Å². The number of nitrogens with one attached hydrogen (secondary N) is 1. The van der Waals surface area contributed by atoms with Crippen molar-refractivity contribution in [2.45, 2.75) is 51.0 Å². The molecule has 25 heavy (non-hydrogen) atoms. The first-order chi connectivity index (χ1) is 11.7. The average Bonchev–Trinajstić information content (AvgIpc) is 2.55.